The second-order valence-corrected chi connectivity index (χ2v) is 8.80. The minimum Gasteiger partial charge on any atom is -0.493 e. The van der Waals surface area contributed by atoms with Gasteiger partial charge in [-0.3, -0.25) is 14.5 Å². The maximum Gasteiger partial charge on any atom is 0.251 e. The Morgan fingerprint density at radius 2 is 1.60 bits per heavy atom. The predicted molar refractivity (Wildman–Crippen MR) is 134 cm³/mol. The van der Waals surface area contributed by atoms with Gasteiger partial charge in [-0.2, -0.15) is 0 Å². The van der Waals surface area contributed by atoms with Crippen molar-refractivity contribution in [3.8, 4) is 17.2 Å². The molecule has 2 aromatic rings. The Bertz CT molecular complexity index is 1070. The van der Waals surface area contributed by atoms with Crippen molar-refractivity contribution in [1.82, 2.24) is 15.1 Å². The Morgan fingerprint density at radius 3 is 2.20 bits per heavy atom. The number of nitrogens with zero attached hydrogens (tertiary/aromatic N) is 2. The van der Waals surface area contributed by atoms with Crippen LogP contribution in [0.15, 0.2) is 42.5 Å². The van der Waals surface area contributed by atoms with E-state index in [-0.39, 0.29) is 11.8 Å². The zero-order chi connectivity index (χ0) is 24.8. The number of carbonyl (C=O) groups is 2. The Kier molecular flexibility index (Phi) is 7.92. The van der Waals surface area contributed by atoms with E-state index >= 15 is 0 Å². The van der Waals surface area contributed by atoms with Crippen molar-refractivity contribution in [3.05, 3.63) is 59.2 Å². The molecule has 0 spiro atoms. The zero-order valence-electron chi connectivity index (χ0n) is 20.6. The normalized spacial score (nSPS) is 16.3. The SMILES string of the molecule is COc1ccc(CN2CCN(C(=O)/C=C/c3ccc(C(=O)NC4CC4)cc3)CC2)c(OC)c1OC. The second kappa shape index (κ2) is 11.3. The van der Waals surface area contributed by atoms with Crippen LogP contribution in [-0.2, 0) is 11.3 Å². The number of benzene rings is 2. The molecule has 1 aliphatic carbocycles. The van der Waals surface area contributed by atoms with Crippen molar-refractivity contribution < 1.29 is 23.8 Å². The lowest BCUT2D eigenvalue weighted by Crippen LogP contribution is -2.47. The molecule has 1 heterocycles. The van der Waals surface area contributed by atoms with Crippen LogP contribution in [0.3, 0.4) is 0 Å². The van der Waals surface area contributed by atoms with Gasteiger partial charge in [-0.1, -0.05) is 18.2 Å². The van der Waals surface area contributed by atoms with Crippen LogP contribution in [0.1, 0.15) is 34.3 Å². The summed E-state index contributed by atoms with van der Waals surface area (Å²) in [5.41, 5.74) is 2.54. The average molecular weight is 480 g/mol. The van der Waals surface area contributed by atoms with Crippen molar-refractivity contribution in [2.45, 2.75) is 25.4 Å². The third-order valence-electron chi connectivity index (χ3n) is 6.37. The molecule has 8 heteroatoms. The first-order chi connectivity index (χ1) is 17.0. The van der Waals surface area contributed by atoms with Gasteiger partial charge in [-0.25, -0.2) is 0 Å². The van der Waals surface area contributed by atoms with Gasteiger partial charge in [0.1, 0.15) is 0 Å². The lowest BCUT2D eigenvalue weighted by Gasteiger charge is -2.34. The van der Waals surface area contributed by atoms with Crippen LogP contribution in [0.4, 0.5) is 0 Å². The first-order valence-corrected chi connectivity index (χ1v) is 11.9. The molecule has 2 amide bonds. The number of rotatable bonds is 9. The molecule has 1 saturated heterocycles. The highest BCUT2D eigenvalue weighted by Gasteiger charge is 2.24. The van der Waals surface area contributed by atoms with Crippen LogP contribution in [0, 0.1) is 0 Å². The average Bonchev–Trinajstić information content (AvgIpc) is 3.71. The minimum atomic E-state index is -0.0392. The monoisotopic (exact) mass is 479 g/mol. The summed E-state index contributed by atoms with van der Waals surface area (Å²) >= 11 is 0. The van der Waals surface area contributed by atoms with Gasteiger partial charge in [0.25, 0.3) is 5.91 Å². The Morgan fingerprint density at radius 1 is 0.914 bits per heavy atom. The van der Waals surface area contributed by atoms with Gasteiger partial charge >= 0.3 is 0 Å². The third kappa shape index (κ3) is 6.14. The summed E-state index contributed by atoms with van der Waals surface area (Å²) in [6.45, 7) is 3.53. The summed E-state index contributed by atoms with van der Waals surface area (Å²) in [4.78, 5) is 29.0. The van der Waals surface area contributed by atoms with E-state index in [4.69, 9.17) is 14.2 Å². The molecule has 2 aliphatic rings. The number of nitrogens with one attached hydrogen (secondary N) is 1. The summed E-state index contributed by atoms with van der Waals surface area (Å²) in [5, 5.41) is 2.98. The molecule has 186 valence electrons. The van der Waals surface area contributed by atoms with Crippen LogP contribution >= 0.6 is 0 Å². The van der Waals surface area contributed by atoms with Gasteiger partial charge in [-0.15, -0.1) is 0 Å². The minimum absolute atomic E-state index is 0.0103. The fourth-order valence-electron chi connectivity index (χ4n) is 4.17. The summed E-state index contributed by atoms with van der Waals surface area (Å²) in [5.74, 6) is 1.84. The number of hydrogen-bond acceptors (Lipinski definition) is 6. The number of amides is 2. The van der Waals surface area contributed by atoms with Crippen molar-refractivity contribution in [2.75, 3.05) is 47.5 Å². The Labute approximate surface area is 206 Å². The fraction of sp³-hybridized carbons (Fsp3) is 0.407. The molecule has 1 saturated carbocycles. The molecule has 0 bridgehead atoms. The molecule has 0 atom stereocenters. The van der Waals surface area contributed by atoms with Crippen molar-refractivity contribution in [1.29, 1.82) is 0 Å². The highest BCUT2D eigenvalue weighted by Crippen LogP contribution is 2.40. The molecule has 4 rings (SSSR count). The van der Waals surface area contributed by atoms with E-state index in [9.17, 15) is 9.59 Å². The smallest absolute Gasteiger partial charge is 0.251 e. The number of carbonyl (C=O) groups excluding carboxylic acids is 2. The highest BCUT2D eigenvalue weighted by molar-refractivity contribution is 5.95. The molecule has 1 aliphatic heterocycles. The van der Waals surface area contributed by atoms with Gasteiger partial charge < -0.3 is 24.4 Å². The summed E-state index contributed by atoms with van der Waals surface area (Å²) in [6, 6.07) is 11.5. The molecule has 0 aromatic heterocycles. The van der Waals surface area contributed by atoms with Crippen LogP contribution in [0.25, 0.3) is 6.08 Å². The topological polar surface area (TPSA) is 80.3 Å². The number of ether oxygens (including phenoxy) is 3. The van der Waals surface area contributed by atoms with E-state index < -0.39 is 0 Å². The lowest BCUT2D eigenvalue weighted by molar-refractivity contribution is -0.127. The molecular weight excluding hydrogens is 446 g/mol. The van der Waals surface area contributed by atoms with E-state index in [1.165, 1.54) is 0 Å². The summed E-state index contributed by atoms with van der Waals surface area (Å²) in [6.07, 6.45) is 5.53. The van der Waals surface area contributed by atoms with Gasteiger partial charge in [0.05, 0.1) is 21.3 Å². The summed E-state index contributed by atoms with van der Waals surface area (Å²) in [7, 11) is 4.83. The van der Waals surface area contributed by atoms with E-state index in [1.807, 2.05) is 29.2 Å². The van der Waals surface area contributed by atoms with E-state index in [1.54, 1.807) is 45.6 Å². The molecule has 0 radical (unpaired) electrons. The maximum absolute atomic E-state index is 12.7. The van der Waals surface area contributed by atoms with Crippen LogP contribution in [0.2, 0.25) is 0 Å². The van der Waals surface area contributed by atoms with Crippen molar-refractivity contribution in [3.63, 3.8) is 0 Å². The number of piperazine rings is 1. The molecule has 0 unspecified atom stereocenters. The molecule has 2 fully saturated rings. The second-order valence-electron chi connectivity index (χ2n) is 8.80. The first kappa shape index (κ1) is 24.6. The van der Waals surface area contributed by atoms with Gasteiger partial charge in [-0.05, 0) is 42.7 Å². The standard InChI is InChI=1S/C27H33N3O5/c1-33-23-12-9-21(25(34-2)26(23)35-3)18-29-14-16-30(17-15-29)24(31)13-6-19-4-7-20(8-5-19)27(32)28-22-10-11-22/h4-9,12-13,22H,10-11,14-18H2,1-3H3,(H,28,32)/b13-6+. The quantitative estimate of drug-likeness (QED) is 0.557. The van der Waals surface area contributed by atoms with Gasteiger partial charge in [0.15, 0.2) is 11.5 Å². The molecular formula is C27H33N3O5. The highest BCUT2D eigenvalue weighted by atomic mass is 16.5. The molecule has 1 N–H and O–H groups in total. The number of hydrogen-bond donors (Lipinski definition) is 1. The summed E-state index contributed by atoms with van der Waals surface area (Å²) < 4.78 is 16.4. The first-order valence-electron chi connectivity index (χ1n) is 11.9. The van der Waals surface area contributed by atoms with Gasteiger partial charge in [0.2, 0.25) is 11.7 Å². The Balaban J connectivity index is 1.29. The zero-order valence-corrected chi connectivity index (χ0v) is 20.6. The van der Waals surface area contributed by atoms with Crippen molar-refractivity contribution in [2.24, 2.45) is 0 Å². The largest absolute Gasteiger partial charge is 0.493 e. The van der Waals surface area contributed by atoms with Crippen molar-refractivity contribution >= 4 is 17.9 Å². The fourth-order valence-corrected chi connectivity index (χ4v) is 4.17. The van der Waals surface area contributed by atoms with Crippen LogP contribution in [-0.4, -0.2) is 75.2 Å². The molecule has 8 nitrogen and oxygen atoms in total. The van der Waals surface area contributed by atoms with Crippen LogP contribution in [0.5, 0.6) is 17.2 Å². The Hall–Kier alpha value is -3.52. The van der Waals surface area contributed by atoms with E-state index in [0.717, 1.165) is 37.1 Å². The van der Waals surface area contributed by atoms with Crippen LogP contribution < -0.4 is 19.5 Å². The lowest BCUT2D eigenvalue weighted by atomic mass is 10.1. The molecule has 2 aromatic carbocycles. The van der Waals surface area contributed by atoms with E-state index in [0.29, 0.717) is 48.5 Å². The number of methoxy groups -OCH3 is 3. The molecule has 35 heavy (non-hydrogen) atoms. The predicted octanol–water partition coefficient (Wildman–Crippen LogP) is 2.96. The third-order valence-corrected chi connectivity index (χ3v) is 6.37. The maximum atomic E-state index is 12.7. The van der Waals surface area contributed by atoms with E-state index in [2.05, 4.69) is 10.2 Å². The van der Waals surface area contributed by atoms with Gasteiger partial charge in [0, 0.05) is 56.0 Å².